The Morgan fingerprint density at radius 3 is 2.86 bits per heavy atom. The highest BCUT2D eigenvalue weighted by molar-refractivity contribution is 5.93. The van der Waals surface area contributed by atoms with Crippen molar-refractivity contribution >= 4 is 11.8 Å². The number of hydrazine groups is 1. The number of carbonyl (C=O) groups is 2. The van der Waals surface area contributed by atoms with E-state index in [9.17, 15) is 9.59 Å². The molecule has 2 heterocycles. The number of nitrogens with one attached hydrogen (secondary N) is 2. The zero-order valence-electron chi connectivity index (χ0n) is 11.9. The third kappa shape index (κ3) is 3.05. The van der Waals surface area contributed by atoms with Gasteiger partial charge in [0.25, 0.3) is 11.8 Å². The SMILES string of the molecule is Cn1cc(C(=O)NNC(=O)C2C[C@@H]3CCCC[C@H]3O2)nn1. The van der Waals surface area contributed by atoms with E-state index in [1.165, 1.54) is 23.7 Å². The molecule has 3 rings (SSSR count). The normalized spacial score (nSPS) is 28.0. The molecule has 1 saturated heterocycles. The van der Waals surface area contributed by atoms with Crippen LogP contribution in [0.15, 0.2) is 6.20 Å². The van der Waals surface area contributed by atoms with Crippen molar-refractivity contribution in [3.05, 3.63) is 11.9 Å². The molecular formula is C13H19N5O3. The van der Waals surface area contributed by atoms with E-state index in [0.29, 0.717) is 5.92 Å². The van der Waals surface area contributed by atoms with Gasteiger partial charge >= 0.3 is 0 Å². The number of fused-ring (bicyclic) bond motifs is 1. The monoisotopic (exact) mass is 293 g/mol. The van der Waals surface area contributed by atoms with Crippen LogP contribution in [0.4, 0.5) is 0 Å². The standard InChI is InChI=1S/C13H19N5O3/c1-18-7-9(14-17-18)12(19)15-16-13(20)11-6-8-4-2-3-5-10(8)21-11/h7-8,10-11H,2-6H2,1H3,(H,15,19)(H,16,20)/t8-,10+,11?/m0/s1. The Hall–Kier alpha value is -1.96. The summed E-state index contributed by atoms with van der Waals surface area (Å²) >= 11 is 0. The van der Waals surface area contributed by atoms with Crippen LogP contribution < -0.4 is 10.9 Å². The van der Waals surface area contributed by atoms with Crippen LogP contribution in [-0.4, -0.2) is 39.0 Å². The molecule has 8 heteroatoms. The summed E-state index contributed by atoms with van der Waals surface area (Å²) in [5.74, 6) is -0.321. The van der Waals surface area contributed by atoms with Crippen LogP contribution in [-0.2, 0) is 16.6 Å². The average Bonchev–Trinajstić information content (AvgIpc) is 3.10. The second-order valence-corrected chi connectivity index (χ2v) is 5.66. The van der Waals surface area contributed by atoms with Crippen molar-refractivity contribution in [2.75, 3.05) is 0 Å². The van der Waals surface area contributed by atoms with Crippen molar-refractivity contribution < 1.29 is 14.3 Å². The third-order valence-corrected chi connectivity index (χ3v) is 4.12. The van der Waals surface area contributed by atoms with Crippen molar-refractivity contribution in [3.8, 4) is 0 Å². The highest BCUT2D eigenvalue weighted by Crippen LogP contribution is 2.37. The van der Waals surface area contributed by atoms with E-state index in [4.69, 9.17) is 4.74 Å². The molecule has 2 amide bonds. The van der Waals surface area contributed by atoms with E-state index < -0.39 is 12.0 Å². The minimum absolute atomic E-state index is 0.152. The Labute approximate surface area is 122 Å². The number of ether oxygens (including phenoxy) is 1. The van der Waals surface area contributed by atoms with E-state index >= 15 is 0 Å². The zero-order valence-corrected chi connectivity index (χ0v) is 11.9. The smallest absolute Gasteiger partial charge is 0.291 e. The molecule has 2 fully saturated rings. The minimum Gasteiger partial charge on any atom is -0.365 e. The number of carbonyl (C=O) groups excluding carboxylic acids is 2. The average molecular weight is 293 g/mol. The van der Waals surface area contributed by atoms with Crippen LogP contribution in [0.1, 0.15) is 42.6 Å². The Morgan fingerprint density at radius 2 is 2.14 bits per heavy atom. The molecule has 2 N–H and O–H groups in total. The van der Waals surface area contributed by atoms with Crippen LogP contribution in [0.3, 0.4) is 0 Å². The summed E-state index contributed by atoms with van der Waals surface area (Å²) < 4.78 is 7.19. The molecule has 0 spiro atoms. The summed E-state index contributed by atoms with van der Waals surface area (Å²) in [5, 5.41) is 7.33. The Bertz CT molecular complexity index is 530. The van der Waals surface area contributed by atoms with E-state index in [2.05, 4.69) is 21.2 Å². The molecule has 114 valence electrons. The number of hydrogen-bond acceptors (Lipinski definition) is 5. The number of aromatic nitrogens is 3. The number of amides is 2. The zero-order chi connectivity index (χ0) is 14.8. The van der Waals surface area contributed by atoms with Crippen LogP contribution in [0.25, 0.3) is 0 Å². The van der Waals surface area contributed by atoms with Crippen molar-refractivity contribution in [2.24, 2.45) is 13.0 Å². The van der Waals surface area contributed by atoms with Gasteiger partial charge in [-0.15, -0.1) is 5.10 Å². The number of nitrogens with zero attached hydrogens (tertiary/aromatic N) is 3. The van der Waals surface area contributed by atoms with Gasteiger partial charge in [0.15, 0.2) is 5.69 Å². The predicted octanol–water partition coefficient (Wildman–Crippen LogP) is -0.0762. The second kappa shape index (κ2) is 5.80. The first-order valence-corrected chi connectivity index (χ1v) is 7.25. The number of rotatable bonds is 2. The molecule has 3 atom stereocenters. The van der Waals surface area contributed by atoms with E-state index in [-0.39, 0.29) is 17.7 Å². The lowest BCUT2D eigenvalue weighted by atomic mass is 9.85. The maximum Gasteiger partial charge on any atom is 0.291 e. The fraction of sp³-hybridized carbons (Fsp3) is 0.692. The summed E-state index contributed by atoms with van der Waals surface area (Å²) in [6.07, 6.45) is 6.47. The van der Waals surface area contributed by atoms with Gasteiger partial charge in [-0.2, -0.15) is 0 Å². The van der Waals surface area contributed by atoms with E-state index in [1.54, 1.807) is 7.05 Å². The number of hydrogen-bond donors (Lipinski definition) is 2. The Kier molecular flexibility index (Phi) is 3.87. The molecule has 2 aliphatic rings. The lowest BCUT2D eigenvalue weighted by Crippen LogP contribution is -2.46. The topological polar surface area (TPSA) is 98.1 Å². The molecule has 1 saturated carbocycles. The molecule has 1 aliphatic heterocycles. The predicted molar refractivity (Wildman–Crippen MR) is 71.8 cm³/mol. The number of aryl methyl sites for hydroxylation is 1. The van der Waals surface area contributed by atoms with E-state index in [1.807, 2.05) is 0 Å². The summed E-state index contributed by atoms with van der Waals surface area (Å²) in [4.78, 5) is 23.8. The fourth-order valence-electron chi connectivity index (χ4n) is 3.05. The van der Waals surface area contributed by atoms with Crippen LogP contribution in [0.2, 0.25) is 0 Å². The minimum atomic E-state index is -0.494. The lowest BCUT2D eigenvalue weighted by Gasteiger charge is -2.22. The quantitative estimate of drug-likeness (QED) is 0.743. The van der Waals surface area contributed by atoms with Gasteiger partial charge in [-0.25, -0.2) is 0 Å². The molecule has 1 unspecified atom stereocenters. The first-order valence-electron chi connectivity index (χ1n) is 7.25. The maximum absolute atomic E-state index is 12.0. The van der Waals surface area contributed by atoms with Gasteiger partial charge in [-0.05, 0) is 25.2 Å². The molecular weight excluding hydrogens is 274 g/mol. The van der Waals surface area contributed by atoms with Crippen molar-refractivity contribution in [1.82, 2.24) is 25.8 Å². The van der Waals surface area contributed by atoms with Gasteiger partial charge < -0.3 is 4.74 Å². The van der Waals surface area contributed by atoms with Crippen molar-refractivity contribution in [2.45, 2.75) is 44.3 Å². The highest BCUT2D eigenvalue weighted by Gasteiger charge is 2.39. The largest absolute Gasteiger partial charge is 0.365 e. The molecule has 0 bridgehead atoms. The molecule has 1 aliphatic carbocycles. The molecule has 21 heavy (non-hydrogen) atoms. The summed E-state index contributed by atoms with van der Waals surface area (Å²) in [6.45, 7) is 0. The first kappa shape index (κ1) is 14.0. The van der Waals surface area contributed by atoms with Crippen molar-refractivity contribution in [3.63, 3.8) is 0 Å². The lowest BCUT2D eigenvalue weighted by molar-refractivity contribution is -0.133. The Balaban J connectivity index is 1.49. The van der Waals surface area contributed by atoms with Gasteiger partial charge in [-0.3, -0.25) is 25.1 Å². The summed E-state index contributed by atoms with van der Waals surface area (Å²) in [6, 6.07) is 0. The molecule has 1 aromatic rings. The van der Waals surface area contributed by atoms with Gasteiger partial charge in [-0.1, -0.05) is 18.1 Å². The second-order valence-electron chi connectivity index (χ2n) is 5.66. The van der Waals surface area contributed by atoms with Crippen LogP contribution in [0, 0.1) is 5.92 Å². The summed E-state index contributed by atoms with van der Waals surface area (Å²) in [7, 11) is 1.66. The first-order chi connectivity index (χ1) is 10.1. The molecule has 8 nitrogen and oxygen atoms in total. The van der Waals surface area contributed by atoms with E-state index in [0.717, 1.165) is 19.3 Å². The molecule has 0 radical (unpaired) electrons. The van der Waals surface area contributed by atoms with Crippen LogP contribution in [0.5, 0.6) is 0 Å². The molecule has 0 aromatic carbocycles. The van der Waals surface area contributed by atoms with Crippen LogP contribution >= 0.6 is 0 Å². The highest BCUT2D eigenvalue weighted by atomic mass is 16.5. The van der Waals surface area contributed by atoms with Crippen molar-refractivity contribution in [1.29, 1.82) is 0 Å². The van der Waals surface area contributed by atoms with Gasteiger partial charge in [0, 0.05) is 7.05 Å². The third-order valence-electron chi connectivity index (χ3n) is 4.12. The molecule has 1 aromatic heterocycles. The Morgan fingerprint density at radius 1 is 1.33 bits per heavy atom. The van der Waals surface area contributed by atoms with Gasteiger partial charge in [0.1, 0.15) is 6.10 Å². The van der Waals surface area contributed by atoms with Gasteiger partial charge in [0.2, 0.25) is 0 Å². The fourth-order valence-corrected chi connectivity index (χ4v) is 3.05. The maximum atomic E-state index is 12.0. The summed E-state index contributed by atoms with van der Waals surface area (Å²) in [5.41, 5.74) is 4.89. The van der Waals surface area contributed by atoms with Gasteiger partial charge in [0.05, 0.1) is 12.3 Å².